The Kier molecular flexibility index (Phi) is 3.87. The van der Waals surface area contributed by atoms with Gasteiger partial charge in [0.15, 0.2) is 5.78 Å². The molecule has 0 N–H and O–H groups in total. The highest BCUT2D eigenvalue weighted by atomic mass is 79.9. The van der Waals surface area contributed by atoms with E-state index in [2.05, 4.69) is 15.9 Å². The molecular formula is C11H10BrNO2. The average molecular weight is 268 g/mol. The number of nitrogens with zero attached hydrogens (tertiary/aromatic N) is 1. The van der Waals surface area contributed by atoms with Crippen LogP contribution in [-0.4, -0.2) is 12.9 Å². The maximum Gasteiger partial charge on any atom is 0.183 e. The minimum absolute atomic E-state index is 0.221. The molecule has 0 fully saturated rings. The van der Waals surface area contributed by atoms with Gasteiger partial charge < -0.3 is 4.74 Å². The maximum atomic E-state index is 11.7. The van der Waals surface area contributed by atoms with Gasteiger partial charge in [-0.25, -0.2) is 0 Å². The van der Waals surface area contributed by atoms with Crippen molar-refractivity contribution in [2.75, 3.05) is 7.11 Å². The number of ether oxygens (including phenoxy) is 1. The Morgan fingerprint density at radius 1 is 1.60 bits per heavy atom. The van der Waals surface area contributed by atoms with E-state index in [0.717, 1.165) is 4.47 Å². The quantitative estimate of drug-likeness (QED) is 0.792. The van der Waals surface area contributed by atoms with Crippen molar-refractivity contribution in [3.8, 4) is 11.8 Å². The van der Waals surface area contributed by atoms with E-state index < -0.39 is 5.92 Å². The van der Waals surface area contributed by atoms with Crippen LogP contribution in [0.2, 0.25) is 0 Å². The van der Waals surface area contributed by atoms with Gasteiger partial charge >= 0.3 is 0 Å². The van der Waals surface area contributed by atoms with E-state index in [9.17, 15) is 4.79 Å². The molecule has 3 nitrogen and oxygen atoms in total. The number of nitriles is 1. The first-order valence-electron chi connectivity index (χ1n) is 4.37. The third-order valence-electron chi connectivity index (χ3n) is 2.02. The van der Waals surface area contributed by atoms with Gasteiger partial charge in [-0.2, -0.15) is 5.26 Å². The molecule has 1 aromatic rings. The maximum absolute atomic E-state index is 11.7. The molecule has 0 saturated heterocycles. The van der Waals surface area contributed by atoms with E-state index in [1.807, 2.05) is 6.07 Å². The summed E-state index contributed by atoms with van der Waals surface area (Å²) in [5.41, 5.74) is 0.440. The minimum atomic E-state index is -0.653. The van der Waals surface area contributed by atoms with E-state index in [-0.39, 0.29) is 5.78 Å². The Bertz CT molecular complexity index is 423. The molecule has 0 radical (unpaired) electrons. The molecular weight excluding hydrogens is 258 g/mol. The van der Waals surface area contributed by atoms with Crippen molar-refractivity contribution >= 4 is 21.7 Å². The lowest BCUT2D eigenvalue weighted by Gasteiger charge is -2.08. The third-order valence-corrected chi connectivity index (χ3v) is 2.51. The number of methoxy groups -OCH3 is 1. The molecule has 0 saturated carbocycles. The standard InChI is InChI=1S/C11H10BrNO2/c1-7(6-13)11(14)9-4-3-8(12)5-10(9)15-2/h3-5,7H,1-2H3. The number of hydrogen-bond acceptors (Lipinski definition) is 3. The van der Waals surface area contributed by atoms with Crippen molar-refractivity contribution < 1.29 is 9.53 Å². The van der Waals surface area contributed by atoms with Crippen LogP contribution in [0.4, 0.5) is 0 Å². The van der Waals surface area contributed by atoms with Gasteiger partial charge in [-0.3, -0.25) is 4.79 Å². The molecule has 4 heteroatoms. The molecule has 1 atom stereocenters. The van der Waals surface area contributed by atoms with Crippen molar-refractivity contribution in [2.24, 2.45) is 5.92 Å². The monoisotopic (exact) mass is 267 g/mol. The Labute approximate surface area is 96.8 Å². The zero-order valence-corrected chi connectivity index (χ0v) is 10.0. The van der Waals surface area contributed by atoms with E-state index in [1.165, 1.54) is 7.11 Å². The Hall–Kier alpha value is -1.34. The first-order valence-corrected chi connectivity index (χ1v) is 5.16. The summed E-state index contributed by atoms with van der Waals surface area (Å²) in [4.78, 5) is 11.7. The highest BCUT2D eigenvalue weighted by Gasteiger charge is 2.18. The number of carbonyl (C=O) groups is 1. The molecule has 1 rings (SSSR count). The van der Waals surface area contributed by atoms with Gasteiger partial charge in [0.1, 0.15) is 11.7 Å². The fraction of sp³-hybridized carbons (Fsp3) is 0.273. The molecule has 0 aromatic heterocycles. The summed E-state index contributed by atoms with van der Waals surface area (Å²) in [6.45, 7) is 1.57. The predicted molar refractivity (Wildman–Crippen MR) is 59.8 cm³/mol. The normalized spacial score (nSPS) is 11.6. The number of benzene rings is 1. The van der Waals surface area contributed by atoms with Crippen LogP contribution in [-0.2, 0) is 0 Å². The highest BCUT2D eigenvalue weighted by Crippen LogP contribution is 2.25. The van der Waals surface area contributed by atoms with Crippen LogP contribution >= 0.6 is 15.9 Å². The molecule has 0 heterocycles. The first-order chi connectivity index (χ1) is 7.10. The highest BCUT2D eigenvalue weighted by molar-refractivity contribution is 9.10. The number of Topliss-reactive ketones (excluding diaryl/α,β-unsaturated/α-hetero) is 1. The van der Waals surface area contributed by atoms with Crippen molar-refractivity contribution in [3.05, 3.63) is 28.2 Å². The molecule has 15 heavy (non-hydrogen) atoms. The van der Waals surface area contributed by atoms with E-state index >= 15 is 0 Å². The number of halogens is 1. The third kappa shape index (κ3) is 2.57. The van der Waals surface area contributed by atoms with Crippen molar-refractivity contribution in [1.29, 1.82) is 5.26 Å². The largest absolute Gasteiger partial charge is 0.496 e. The fourth-order valence-electron chi connectivity index (χ4n) is 1.16. The molecule has 1 unspecified atom stereocenters. The van der Waals surface area contributed by atoms with E-state index in [1.54, 1.807) is 25.1 Å². The molecule has 0 spiro atoms. The lowest BCUT2D eigenvalue weighted by molar-refractivity contribution is 0.0953. The van der Waals surface area contributed by atoms with Gasteiger partial charge in [-0.05, 0) is 25.1 Å². The number of ketones is 1. The summed E-state index contributed by atoms with van der Waals surface area (Å²) >= 11 is 3.28. The van der Waals surface area contributed by atoms with Crippen molar-refractivity contribution in [2.45, 2.75) is 6.92 Å². The van der Waals surface area contributed by atoms with Crippen LogP contribution in [0.3, 0.4) is 0 Å². The van der Waals surface area contributed by atoms with Crippen molar-refractivity contribution in [3.63, 3.8) is 0 Å². The van der Waals surface area contributed by atoms with Gasteiger partial charge in [0, 0.05) is 4.47 Å². The number of hydrogen-bond donors (Lipinski definition) is 0. The Balaban J connectivity index is 3.15. The molecule has 1 aromatic carbocycles. The van der Waals surface area contributed by atoms with Crippen LogP contribution < -0.4 is 4.74 Å². The second-order valence-electron chi connectivity index (χ2n) is 3.06. The van der Waals surface area contributed by atoms with Crippen LogP contribution in [0, 0.1) is 17.2 Å². The van der Waals surface area contributed by atoms with E-state index in [4.69, 9.17) is 10.00 Å². The van der Waals surface area contributed by atoms with Crippen LogP contribution in [0.25, 0.3) is 0 Å². The molecule has 0 amide bonds. The summed E-state index contributed by atoms with van der Waals surface area (Å²) in [6.07, 6.45) is 0. The van der Waals surface area contributed by atoms with Crippen LogP contribution in [0.1, 0.15) is 17.3 Å². The topological polar surface area (TPSA) is 50.1 Å². The van der Waals surface area contributed by atoms with Gasteiger partial charge in [0.05, 0.1) is 18.7 Å². The summed E-state index contributed by atoms with van der Waals surface area (Å²) in [6, 6.07) is 7.02. The molecule has 0 aliphatic carbocycles. The lowest BCUT2D eigenvalue weighted by Crippen LogP contribution is -2.10. The summed E-state index contributed by atoms with van der Waals surface area (Å²) in [7, 11) is 1.50. The lowest BCUT2D eigenvalue weighted by atomic mass is 10.00. The van der Waals surface area contributed by atoms with Gasteiger partial charge in [-0.15, -0.1) is 0 Å². The molecule has 0 bridgehead atoms. The summed E-state index contributed by atoms with van der Waals surface area (Å²) in [5.74, 6) is -0.390. The fourth-order valence-corrected chi connectivity index (χ4v) is 1.50. The van der Waals surface area contributed by atoms with Crippen LogP contribution in [0.15, 0.2) is 22.7 Å². The van der Waals surface area contributed by atoms with Gasteiger partial charge in [0.2, 0.25) is 0 Å². The van der Waals surface area contributed by atoms with Crippen LogP contribution in [0.5, 0.6) is 5.75 Å². The minimum Gasteiger partial charge on any atom is -0.496 e. The second kappa shape index (κ2) is 4.94. The van der Waals surface area contributed by atoms with E-state index in [0.29, 0.717) is 11.3 Å². The molecule has 78 valence electrons. The summed E-state index contributed by atoms with van der Waals surface area (Å²) in [5, 5.41) is 8.66. The average Bonchev–Trinajstić information content (AvgIpc) is 2.26. The number of rotatable bonds is 3. The summed E-state index contributed by atoms with van der Waals surface area (Å²) < 4.78 is 5.92. The SMILES string of the molecule is COc1cc(Br)ccc1C(=O)C(C)C#N. The first kappa shape index (κ1) is 11.7. The zero-order valence-electron chi connectivity index (χ0n) is 8.45. The molecule has 0 aliphatic heterocycles. The smallest absolute Gasteiger partial charge is 0.183 e. The van der Waals surface area contributed by atoms with Gasteiger partial charge in [-0.1, -0.05) is 15.9 Å². The Morgan fingerprint density at radius 2 is 2.27 bits per heavy atom. The molecule has 0 aliphatic rings. The second-order valence-corrected chi connectivity index (χ2v) is 3.98. The zero-order chi connectivity index (χ0) is 11.4. The number of carbonyl (C=O) groups excluding carboxylic acids is 1. The Morgan fingerprint density at radius 3 is 2.80 bits per heavy atom. The predicted octanol–water partition coefficient (Wildman–Crippen LogP) is 2.80. The van der Waals surface area contributed by atoms with Crippen molar-refractivity contribution in [1.82, 2.24) is 0 Å². The van der Waals surface area contributed by atoms with Gasteiger partial charge in [0.25, 0.3) is 0 Å².